The van der Waals surface area contributed by atoms with Crippen molar-refractivity contribution < 1.29 is 34.7 Å². The first-order valence-corrected chi connectivity index (χ1v) is 11.8. The van der Waals surface area contributed by atoms with Crippen molar-refractivity contribution in [3.8, 4) is 5.75 Å². The van der Waals surface area contributed by atoms with Crippen LogP contribution in [0.5, 0.6) is 5.75 Å². The summed E-state index contributed by atoms with van der Waals surface area (Å²) < 4.78 is 94.2. The lowest BCUT2D eigenvalue weighted by molar-refractivity contribution is -0.274. The minimum atomic E-state index is -4.91. The molecule has 0 aliphatic carbocycles. The predicted octanol–water partition coefficient (Wildman–Crippen LogP) is 4.07. The summed E-state index contributed by atoms with van der Waals surface area (Å²) in [6, 6.07) is 7.12. The van der Waals surface area contributed by atoms with Crippen molar-refractivity contribution >= 4 is 37.3 Å². The monoisotopic (exact) mass is 486 g/mol. The summed E-state index contributed by atoms with van der Waals surface area (Å²) in [7, 11) is -8.17. The summed E-state index contributed by atoms with van der Waals surface area (Å²) in [4.78, 5) is -0.623. The van der Waals surface area contributed by atoms with E-state index in [1.807, 2.05) is 0 Å². The summed E-state index contributed by atoms with van der Waals surface area (Å²) in [5.41, 5.74) is -0.0826. The van der Waals surface area contributed by atoms with Crippen molar-refractivity contribution in [3.05, 3.63) is 47.5 Å². The number of alkyl halides is 3. The molecule has 30 heavy (non-hydrogen) atoms. The Morgan fingerprint density at radius 2 is 1.57 bits per heavy atom. The number of hydrogen-bond donors (Lipinski definition) is 1. The Hall–Kier alpha value is -2.02. The first-order valence-electron chi connectivity index (χ1n) is 8.48. The van der Waals surface area contributed by atoms with Crippen LogP contribution in [-0.2, 0) is 20.0 Å². The molecule has 0 unspecified atom stereocenters. The van der Waals surface area contributed by atoms with Gasteiger partial charge in [0.2, 0.25) is 10.0 Å². The molecule has 0 spiro atoms. The van der Waals surface area contributed by atoms with Gasteiger partial charge in [-0.05, 0) is 42.5 Å². The van der Waals surface area contributed by atoms with Gasteiger partial charge in [-0.15, -0.1) is 13.2 Å². The van der Waals surface area contributed by atoms with Gasteiger partial charge in [0.05, 0.1) is 15.6 Å². The van der Waals surface area contributed by atoms with Crippen LogP contribution in [0.15, 0.2) is 52.3 Å². The minimum absolute atomic E-state index is 0.0826. The standard InChI is InChI=1S/C17H18ClF3N2O5S2/c1-3-23(4-2)30(26,27)16-11-12(5-10-15(16)18)22-29(24,25)14-8-6-13(7-9-14)28-17(19,20)21/h5-11,22H,3-4H2,1-2H3. The van der Waals surface area contributed by atoms with Gasteiger partial charge < -0.3 is 4.74 Å². The number of benzene rings is 2. The Balaban J connectivity index is 2.34. The molecule has 0 saturated carbocycles. The first-order chi connectivity index (χ1) is 13.8. The van der Waals surface area contributed by atoms with Crippen molar-refractivity contribution in [1.82, 2.24) is 4.31 Å². The van der Waals surface area contributed by atoms with Gasteiger partial charge in [-0.3, -0.25) is 4.72 Å². The first kappa shape index (κ1) is 24.3. The van der Waals surface area contributed by atoms with Crippen LogP contribution >= 0.6 is 11.6 Å². The molecule has 7 nitrogen and oxygen atoms in total. The zero-order chi connectivity index (χ0) is 22.7. The predicted molar refractivity (Wildman–Crippen MR) is 105 cm³/mol. The second-order valence-electron chi connectivity index (χ2n) is 5.86. The maximum atomic E-state index is 12.7. The number of halogens is 4. The number of ether oxygens (including phenoxy) is 1. The van der Waals surface area contributed by atoms with E-state index in [-0.39, 0.29) is 33.6 Å². The van der Waals surface area contributed by atoms with Gasteiger partial charge >= 0.3 is 6.36 Å². The number of hydrogen-bond acceptors (Lipinski definition) is 5. The number of nitrogens with zero attached hydrogens (tertiary/aromatic N) is 1. The van der Waals surface area contributed by atoms with Crippen LogP contribution in [0.25, 0.3) is 0 Å². The van der Waals surface area contributed by atoms with E-state index in [1.54, 1.807) is 13.8 Å². The highest BCUT2D eigenvalue weighted by Gasteiger charge is 2.31. The molecule has 0 saturated heterocycles. The quantitative estimate of drug-likeness (QED) is 0.607. The summed E-state index contributed by atoms with van der Waals surface area (Å²) in [5, 5.41) is -0.0847. The molecule has 0 aromatic heterocycles. The normalized spacial score (nSPS) is 12.8. The van der Waals surface area contributed by atoms with Crippen LogP contribution in [0.1, 0.15) is 13.8 Å². The van der Waals surface area contributed by atoms with Crippen LogP contribution in [-0.4, -0.2) is 40.6 Å². The van der Waals surface area contributed by atoms with E-state index in [4.69, 9.17) is 11.6 Å². The second-order valence-corrected chi connectivity index (χ2v) is 9.86. The second kappa shape index (κ2) is 9.00. The molecule has 1 N–H and O–H groups in total. The third-order valence-electron chi connectivity index (χ3n) is 3.87. The Labute approximate surface area is 177 Å². The Morgan fingerprint density at radius 3 is 2.07 bits per heavy atom. The van der Waals surface area contributed by atoms with Gasteiger partial charge in [-0.1, -0.05) is 25.4 Å². The van der Waals surface area contributed by atoms with Crippen LogP contribution in [0.3, 0.4) is 0 Å². The number of rotatable bonds is 8. The van der Waals surface area contributed by atoms with Crippen molar-refractivity contribution in [1.29, 1.82) is 0 Å². The molecule has 2 aromatic carbocycles. The van der Waals surface area contributed by atoms with Gasteiger partial charge in [0.1, 0.15) is 10.6 Å². The molecule has 13 heteroatoms. The van der Waals surface area contributed by atoms with E-state index < -0.39 is 32.2 Å². The molecule has 0 radical (unpaired) electrons. The molecule has 0 bridgehead atoms. The molecule has 0 amide bonds. The molecule has 166 valence electrons. The molecule has 0 aliphatic heterocycles. The highest BCUT2D eigenvalue weighted by molar-refractivity contribution is 7.92. The average Bonchev–Trinajstić information content (AvgIpc) is 2.63. The summed E-state index contributed by atoms with van der Waals surface area (Å²) in [6.45, 7) is 3.68. The fourth-order valence-corrected chi connectivity index (χ4v) is 5.51. The van der Waals surface area contributed by atoms with E-state index in [0.29, 0.717) is 0 Å². The smallest absolute Gasteiger partial charge is 0.406 e. The number of anilines is 1. The molecule has 0 atom stereocenters. The highest BCUT2D eigenvalue weighted by atomic mass is 35.5. The van der Waals surface area contributed by atoms with Crippen molar-refractivity contribution in [3.63, 3.8) is 0 Å². The minimum Gasteiger partial charge on any atom is -0.406 e. The summed E-state index contributed by atoms with van der Waals surface area (Å²) >= 11 is 6.01. The van der Waals surface area contributed by atoms with Crippen LogP contribution in [0, 0.1) is 0 Å². The van der Waals surface area contributed by atoms with Crippen LogP contribution < -0.4 is 9.46 Å². The SMILES string of the molecule is CCN(CC)S(=O)(=O)c1cc(NS(=O)(=O)c2ccc(OC(F)(F)F)cc2)ccc1Cl. The zero-order valence-corrected chi connectivity index (χ0v) is 18.2. The maximum Gasteiger partial charge on any atom is 0.573 e. The Bertz CT molecular complexity index is 1100. The largest absolute Gasteiger partial charge is 0.573 e. The van der Waals surface area contributed by atoms with Gasteiger partial charge in [0.25, 0.3) is 10.0 Å². The lowest BCUT2D eigenvalue weighted by atomic mass is 10.3. The van der Waals surface area contributed by atoms with Gasteiger partial charge in [0, 0.05) is 13.1 Å². The molecular formula is C17H18ClF3N2O5S2. The van der Waals surface area contributed by atoms with E-state index in [2.05, 4.69) is 9.46 Å². The fraction of sp³-hybridized carbons (Fsp3) is 0.294. The molecular weight excluding hydrogens is 469 g/mol. The molecule has 0 fully saturated rings. The van der Waals surface area contributed by atoms with E-state index in [0.717, 1.165) is 34.6 Å². The van der Waals surface area contributed by atoms with Crippen molar-refractivity contribution in [2.24, 2.45) is 0 Å². The summed E-state index contributed by atoms with van der Waals surface area (Å²) in [5.74, 6) is -0.583. The van der Waals surface area contributed by atoms with E-state index in [9.17, 15) is 30.0 Å². The van der Waals surface area contributed by atoms with Crippen molar-refractivity contribution in [2.45, 2.75) is 30.0 Å². The molecule has 2 rings (SSSR count). The van der Waals surface area contributed by atoms with Crippen LogP contribution in [0.2, 0.25) is 5.02 Å². The lowest BCUT2D eigenvalue weighted by Gasteiger charge is -2.20. The number of sulfonamides is 2. The lowest BCUT2D eigenvalue weighted by Crippen LogP contribution is -2.30. The number of nitrogens with one attached hydrogen (secondary N) is 1. The zero-order valence-electron chi connectivity index (χ0n) is 15.8. The molecule has 2 aromatic rings. The third kappa shape index (κ3) is 5.78. The van der Waals surface area contributed by atoms with Gasteiger partial charge in [-0.2, -0.15) is 4.31 Å². The Morgan fingerprint density at radius 1 is 1.00 bits per heavy atom. The van der Waals surface area contributed by atoms with Gasteiger partial charge in [-0.25, -0.2) is 16.8 Å². The van der Waals surface area contributed by atoms with E-state index >= 15 is 0 Å². The van der Waals surface area contributed by atoms with Crippen molar-refractivity contribution in [2.75, 3.05) is 17.8 Å². The fourth-order valence-electron chi connectivity index (χ4n) is 2.50. The van der Waals surface area contributed by atoms with Gasteiger partial charge in [0.15, 0.2) is 0 Å². The average molecular weight is 487 g/mol. The Kier molecular flexibility index (Phi) is 7.28. The maximum absolute atomic E-state index is 12.7. The summed E-state index contributed by atoms with van der Waals surface area (Å²) in [6.07, 6.45) is -4.91. The van der Waals surface area contributed by atoms with E-state index in [1.165, 1.54) is 12.1 Å². The molecule has 0 aliphatic rings. The van der Waals surface area contributed by atoms with Crippen LogP contribution in [0.4, 0.5) is 18.9 Å². The third-order valence-corrected chi connectivity index (χ3v) is 7.80. The molecule has 0 heterocycles. The topological polar surface area (TPSA) is 92.8 Å². The highest BCUT2D eigenvalue weighted by Crippen LogP contribution is 2.29.